The Labute approximate surface area is 61.2 Å². The van der Waals surface area contributed by atoms with Crippen LogP contribution in [0.5, 0.6) is 0 Å². The van der Waals surface area contributed by atoms with E-state index in [1.165, 1.54) is 0 Å². The van der Waals surface area contributed by atoms with Crippen LogP contribution in [0.2, 0.25) is 6.82 Å². The first-order valence-electron chi connectivity index (χ1n) is 3.51. The minimum absolute atomic E-state index is 0.00139. The van der Waals surface area contributed by atoms with Gasteiger partial charge in [-0.15, -0.1) is 0 Å². The van der Waals surface area contributed by atoms with Gasteiger partial charge in [-0.25, -0.2) is 0 Å². The summed E-state index contributed by atoms with van der Waals surface area (Å²) < 4.78 is 5.22. The van der Waals surface area contributed by atoms with Crippen molar-refractivity contribution >= 4 is 7.28 Å². The lowest BCUT2D eigenvalue weighted by molar-refractivity contribution is 0.0293. The Morgan fingerprint density at radius 1 is 1.70 bits per heavy atom. The highest BCUT2D eigenvalue weighted by Crippen LogP contribution is 2.18. The van der Waals surface area contributed by atoms with Crippen molar-refractivity contribution in [2.75, 3.05) is 6.61 Å². The average molecular weight is 143 g/mol. The van der Waals surface area contributed by atoms with Gasteiger partial charge in [0.25, 0.3) is 0 Å². The lowest BCUT2D eigenvalue weighted by Crippen LogP contribution is -2.25. The minimum atomic E-state index is -0.429. The lowest BCUT2D eigenvalue weighted by atomic mass is 9.72. The summed E-state index contributed by atoms with van der Waals surface area (Å²) in [6.45, 7) is 1.84. The molecule has 1 aliphatic heterocycles. The molecule has 0 saturated carbocycles. The van der Waals surface area contributed by atoms with Gasteiger partial charge in [0.2, 0.25) is 0 Å². The molecule has 2 N–H and O–H groups in total. The molecule has 0 aromatic carbocycles. The Morgan fingerprint density at radius 2 is 2.40 bits per heavy atom. The van der Waals surface area contributed by atoms with E-state index in [1.807, 2.05) is 6.82 Å². The van der Waals surface area contributed by atoms with Gasteiger partial charge < -0.3 is 14.9 Å². The van der Waals surface area contributed by atoms with Crippen LogP contribution in [-0.4, -0.2) is 42.3 Å². The zero-order valence-electron chi connectivity index (χ0n) is 6.03. The second-order valence-corrected chi connectivity index (χ2v) is 2.54. The van der Waals surface area contributed by atoms with Crippen molar-refractivity contribution in [2.45, 2.75) is 31.5 Å². The van der Waals surface area contributed by atoms with Crippen LogP contribution in [0.4, 0.5) is 0 Å². The number of aliphatic hydroxyl groups excluding tert-OH is 2. The highest BCUT2D eigenvalue weighted by molar-refractivity contribution is 6.35. The fourth-order valence-electron chi connectivity index (χ4n) is 1.19. The maximum atomic E-state index is 9.22. The maximum absolute atomic E-state index is 9.22. The van der Waals surface area contributed by atoms with Crippen LogP contribution in [0.1, 0.15) is 6.42 Å². The molecule has 0 spiro atoms. The average Bonchev–Trinajstić information content (AvgIpc) is 2.30. The Hall–Kier alpha value is -0.0551. The molecule has 4 heteroatoms. The van der Waals surface area contributed by atoms with Crippen LogP contribution in [0.15, 0.2) is 0 Å². The van der Waals surface area contributed by atoms with Crippen LogP contribution < -0.4 is 0 Å². The van der Waals surface area contributed by atoms with Gasteiger partial charge in [-0.3, -0.25) is 0 Å². The first-order valence-corrected chi connectivity index (χ1v) is 3.51. The number of aliphatic hydroxyl groups is 2. The molecular weight excluding hydrogens is 131 g/mol. The lowest BCUT2D eigenvalue weighted by Gasteiger charge is -2.09. The Kier molecular flexibility index (Phi) is 2.71. The predicted molar refractivity (Wildman–Crippen MR) is 38.0 cm³/mol. The normalized spacial score (nSPS) is 40.1. The van der Waals surface area contributed by atoms with Crippen LogP contribution in [-0.2, 0) is 4.74 Å². The summed E-state index contributed by atoms with van der Waals surface area (Å²) >= 11 is 0. The minimum Gasteiger partial charge on any atom is -0.394 e. The number of ether oxygens (including phenoxy) is 1. The Bertz CT molecular complexity index is 109. The van der Waals surface area contributed by atoms with Gasteiger partial charge in [0.15, 0.2) is 0 Å². The standard InChI is InChI=1S/C6H12BO3/c1-7-6-5(9)2-4(3-8)10-6/h4-6,8-9H,2-3H2,1H3/t4-,5+,6+/m0/s1. The SMILES string of the molecule is C[B][C@@H]1O[C@H](CO)C[C@H]1O. The third-order valence-corrected chi connectivity index (χ3v) is 1.77. The van der Waals surface area contributed by atoms with Crippen molar-refractivity contribution in [1.29, 1.82) is 0 Å². The molecule has 1 fully saturated rings. The molecule has 0 aliphatic carbocycles. The summed E-state index contributed by atoms with van der Waals surface area (Å²) in [6, 6.07) is -0.183. The summed E-state index contributed by atoms with van der Waals surface area (Å²) in [5, 5.41) is 17.9. The van der Waals surface area contributed by atoms with Gasteiger partial charge in [0, 0.05) is 6.42 Å². The van der Waals surface area contributed by atoms with Crippen molar-refractivity contribution < 1.29 is 14.9 Å². The summed E-state index contributed by atoms with van der Waals surface area (Å²) in [7, 11) is 1.81. The molecule has 1 aliphatic rings. The Balaban J connectivity index is 2.36. The summed E-state index contributed by atoms with van der Waals surface area (Å²) in [4.78, 5) is 0. The maximum Gasteiger partial charge on any atom is 0.149 e. The van der Waals surface area contributed by atoms with E-state index >= 15 is 0 Å². The zero-order chi connectivity index (χ0) is 7.56. The molecule has 0 aromatic rings. The first kappa shape index (κ1) is 8.05. The molecule has 1 saturated heterocycles. The van der Waals surface area contributed by atoms with E-state index in [2.05, 4.69) is 0 Å². The first-order chi connectivity index (χ1) is 4.77. The predicted octanol–water partition coefficient (Wildman–Crippen LogP) is -0.793. The molecule has 0 bridgehead atoms. The number of hydrogen-bond acceptors (Lipinski definition) is 3. The number of rotatable bonds is 2. The summed E-state index contributed by atoms with van der Waals surface area (Å²) in [5.74, 6) is 0. The monoisotopic (exact) mass is 143 g/mol. The molecule has 1 heterocycles. The van der Waals surface area contributed by atoms with E-state index < -0.39 is 6.10 Å². The summed E-state index contributed by atoms with van der Waals surface area (Å²) in [6.07, 6.45) is -0.0516. The van der Waals surface area contributed by atoms with Crippen molar-refractivity contribution in [3.05, 3.63) is 0 Å². The highest BCUT2D eigenvalue weighted by atomic mass is 16.5. The van der Waals surface area contributed by atoms with E-state index in [0.717, 1.165) is 0 Å². The molecule has 1 radical (unpaired) electrons. The molecule has 0 aromatic heterocycles. The van der Waals surface area contributed by atoms with Gasteiger partial charge >= 0.3 is 0 Å². The fraction of sp³-hybridized carbons (Fsp3) is 1.00. The topological polar surface area (TPSA) is 49.7 Å². The van der Waals surface area contributed by atoms with E-state index in [1.54, 1.807) is 7.28 Å². The molecule has 0 unspecified atom stereocenters. The quantitative estimate of drug-likeness (QED) is 0.498. The molecule has 1 rings (SSSR count). The van der Waals surface area contributed by atoms with Gasteiger partial charge in [-0.2, -0.15) is 0 Å². The molecule has 10 heavy (non-hydrogen) atoms. The largest absolute Gasteiger partial charge is 0.394 e. The van der Waals surface area contributed by atoms with Crippen molar-refractivity contribution in [3.63, 3.8) is 0 Å². The van der Waals surface area contributed by atoms with Crippen LogP contribution in [0, 0.1) is 0 Å². The second kappa shape index (κ2) is 3.37. The third-order valence-electron chi connectivity index (χ3n) is 1.77. The van der Waals surface area contributed by atoms with Crippen molar-refractivity contribution in [2.24, 2.45) is 0 Å². The molecule has 3 nitrogen and oxygen atoms in total. The summed E-state index contributed by atoms with van der Waals surface area (Å²) in [5.41, 5.74) is 0. The van der Waals surface area contributed by atoms with Gasteiger partial charge in [-0.05, 0) is 0 Å². The third kappa shape index (κ3) is 1.51. The molecule has 57 valence electrons. The van der Waals surface area contributed by atoms with Crippen molar-refractivity contribution in [1.82, 2.24) is 0 Å². The van der Waals surface area contributed by atoms with E-state index in [0.29, 0.717) is 6.42 Å². The molecule has 0 amide bonds. The molecule has 3 atom stereocenters. The van der Waals surface area contributed by atoms with E-state index in [9.17, 15) is 5.11 Å². The van der Waals surface area contributed by atoms with E-state index in [-0.39, 0.29) is 18.7 Å². The second-order valence-electron chi connectivity index (χ2n) is 2.54. The van der Waals surface area contributed by atoms with E-state index in [4.69, 9.17) is 9.84 Å². The zero-order valence-corrected chi connectivity index (χ0v) is 6.03. The van der Waals surface area contributed by atoms with Gasteiger partial charge in [0.05, 0.1) is 24.8 Å². The fourth-order valence-corrected chi connectivity index (χ4v) is 1.19. The highest BCUT2D eigenvalue weighted by Gasteiger charge is 2.31. The van der Waals surface area contributed by atoms with Crippen LogP contribution >= 0.6 is 0 Å². The Morgan fingerprint density at radius 3 is 2.70 bits per heavy atom. The van der Waals surface area contributed by atoms with Gasteiger partial charge in [0.1, 0.15) is 7.28 Å². The van der Waals surface area contributed by atoms with Crippen molar-refractivity contribution in [3.8, 4) is 0 Å². The van der Waals surface area contributed by atoms with Crippen LogP contribution in [0.25, 0.3) is 0 Å². The van der Waals surface area contributed by atoms with Crippen LogP contribution in [0.3, 0.4) is 0 Å². The molecular formula is C6H12BO3. The van der Waals surface area contributed by atoms with Gasteiger partial charge in [-0.1, -0.05) is 6.82 Å². The number of hydrogen-bond donors (Lipinski definition) is 2. The smallest absolute Gasteiger partial charge is 0.149 e.